The molecule has 3 nitrogen and oxygen atoms in total. The van der Waals surface area contributed by atoms with E-state index >= 15 is 0 Å². The van der Waals surface area contributed by atoms with E-state index in [0.717, 1.165) is 22.6 Å². The molecule has 0 radical (unpaired) electrons. The molecule has 0 amide bonds. The number of hydrogen-bond acceptors (Lipinski definition) is 2. The van der Waals surface area contributed by atoms with E-state index in [9.17, 15) is 0 Å². The van der Waals surface area contributed by atoms with Gasteiger partial charge >= 0.3 is 0 Å². The number of nitrogen functional groups attached to an aromatic ring is 1. The summed E-state index contributed by atoms with van der Waals surface area (Å²) in [6.07, 6.45) is 0. The quantitative estimate of drug-likeness (QED) is 0.644. The maximum Gasteiger partial charge on any atom is 0.0743 e. The van der Waals surface area contributed by atoms with Crippen molar-refractivity contribution >= 4 is 16.6 Å². The van der Waals surface area contributed by atoms with Gasteiger partial charge in [0, 0.05) is 11.1 Å². The molecular weight excluding hydrogens is 210 g/mol. The van der Waals surface area contributed by atoms with E-state index < -0.39 is 0 Å². The van der Waals surface area contributed by atoms with E-state index in [0.29, 0.717) is 0 Å². The van der Waals surface area contributed by atoms with Crippen LogP contribution in [0.15, 0.2) is 48.5 Å². The Kier molecular flexibility index (Phi) is 2.11. The van der Waals surface area contributed by atoms with Gasteiger partial charge in [-0.05, 0) is 37.3 Å². The number of hydrogen-bond donors (Lipinski definition) is 1. The van der Waals surface area contributed by atoms with E-state index in [-0.39, 0.29) is 0 Å². The maximum absolute atomic E-state index is 5.69. The minimum absolute atomic E-state index is 0.766. The van der Waals surface area contributed by atoms with Crippen LogP contribution in [0.4, 0.5) is 5.69 Å². The van der Waals surface area contributed by atoms with Gasteiger partial charge < -0.3 is 5.73 Å². The molecule has 0 unspecified atom stereocenters. The second-order valence-corrected chi connectivity index (χ2v) is 4.11. The topological polar surface area (TPSA) is 43.8 Å². The summed E-state index contributed by atoms with van der Waals surface area (Å²) in [5, 5.41) is 5.75. The molecule has 0 fully saturated rings. The molecule has 84 valence electrons. The zero-order valence-electron chi connectivity index (χ0n) is 9.59. The molecule has 1 aromatic heterocycles. The summed E-state index contributed by atoms with van der Waals surface area (Å²) in [6.45, 7) is 2.02. The van der Waals surface area contributed by atoms with Crippen LogP contribution in [-0.2, 0) is 0 Å². The molecule has 0 aliphatic heterocycles. The first-order valence-corrected chi connectivity index (χ1v) is 5.56. The lowest BCUT2D eigenvalue weighted by Crippen LogP contribution is -1.96. The summed E-state index contributed by atoms with van der Waals surface area (Å²) >= 11 is 0. The number of para-hydroxylation sites is 1. The number of rotatable bonds is 1. The van der Waals surface area contributed by atoms with E-state index in [1.165, 1.54) is 5.39 Å². The van der Waals surface area contributed by atoms with Gasteiger partial charge in [0.05, 0.1) is 16.9 Å². The van der Waals surface area contributed by atoms with Crippen molar-refractivity contribution in [1.29, 1.82) is 0 Å². The van der Waals surface area contributed by atoms with Crippen molar-refractivity contribution in [1.82, 2.24) is 9.78 Å². The van der Waals surface area contributed by atoms with E-state index in [2.05, 4.69) is 17.2 Å². The second-order valence-electron chi connectivity index (χ2n) is 4.11. The fourth-order valence-electron chi connectivity index (χ4n) is 2.03. The van der Waals surface area contributed by atoms with Crippen molar-refractivity contribution in [2.24, 2.45) is 0 Å². The molecule has 2 aromatic carbocycles. The van der Waals surface area contributed by atoms with Crippen molar-refractivity contribution < 1.29 is 0 Å². The zero-order valence-corrected chi connectivity index (χ0v) is 9.59. The van der Waals surface area contributed by atoms with E-state index in [4.69, 9.17) is 5.73 Å². The predicted molar refractivity (Wildman–Crippen MR) is 70.2 cm³/mol. The first kappa shape index (κ1) is 9.90. The Bertz CT molecular complexity index is 666. The van der Waals surface area contributed by atoms with Crippen LogP contribution in [0.25, 0.3) is 16.6 Å². The van der Waals surface area contributed by atoms with Gasteiger partial charge in [-0.2, -0.15) is 5.10 Å². The van der Waals surface area contributed by atoms with Crippen molar-refractivity contribution in [3.05, 3.63) is 54.2 Å². The van der Waals surface area contributed by atoms with Gasteiger partial charge in [0.15, 0.2) is 0 Å². The molecule has 0 saturated carbocycles. The van der Waals surface area contributed by atoms with Gasteiger partial charge in [0.1, 0.15) is 0 Å². The van der Waals surface area contributed by atoms with Gasteiger partial charge in [-0.15, -0.1) is 0 Å². The lowest BCUT2D eigenvalue weighted by atomic mass is 10.2. The molecule has 3 heteroatoms. The van der Waals surface area contributed by atoms with Gasteiger partial charge in [0.2, 0.25) is 0 Å². The number of anilines is 1. The normalized spacial score (nSPS) is 10.9. The minimum Gasteiger partial charge on any atom is -0.399 e. The zero-order chi connectivity index (χ0) is 11.8. The molecule has 0 aliphatic rings. The fraction of sp³-hybridized carbons (Fsp3) is 0.0714. The Hall–Kier alpha value is -2.29. The summed E-state index contributed by atoms with van der Waals surface area (Å²) < 4.78 is 1.95. The van der Waals surface area contributed by atoms with Crippen LogP contribution >= 0.6 is 0 Å². The summed E-state index contributed by atoms with van der Waals surface area (Å²) in [5.41, 5.74) is 9.65. The first-order chi connectivity index (χ1) is 8.25. The lowest BCUT2D eigenvalue weighted by molar-refractivity contribution is 0.889. The fourth-order valence-corrected chi connectivity index (χ4v) is 2.03. The monoisotopic (exact) mass is 223 g/mol. The standard InChI is InChI=1S/C14H13N3/c1-10-13-4-2-3-5-14(13)17(16-10)12-8-6-11(15)7-9-12/h2-9H,15H2,1H3. The van der Waals surface area contributed by atoms with Gasteiger partial charge in [-0.3, -0.25) is 0 Å². The summed E-state index contributed by atoms with van der Waals surface area (Å²) in [7, 11) is 0. The highest BCUT2D eigenvalue weighted by atomic mass is 15.3. The molecule has 17 heavy (non-hydrogen) atoms. The van der Waals surface area contributed by atoms with Crippen molar-refractivity contribution in [2.75, 3.05) is 5.73 Å². The Balaban J connectivity index is 2.27. The highest BCUT2D eigenvalue weighted by Gasteiger charge is 2.07. The number of nitrogens with two attached hydrogens (primary N) is 1. The molecule has 0 spiro atoms. The summed E-state index contributed by atoms with van der Waals surface area (Å²) in [5.74, 6) is 0. The van der Waals surface area contributed by atoms with Crippen LogP contribution < -0.4 is 5.73 Å². The van der Waals surface area contributed by atoms with E-state index in [1.54, 1.807) is 0 Å². The third-order valence-electron chi connectivity index (χ3n) is 2.91. The van der Waals surface area contributed by atoms with Crippen molar-refractivity contribution in [3.63, 3.8) is 0 Å². The van der Waals surface area contributed by atoms with Crippen LogP contribution in [0.3, 0.4) is 0 Å². The third-order valence-corrected chi connectivity index (χ3v) is 2.91. The van der Waals surface area contributed by atoms with Gasteiger partial charge in [0.25, 0.3) is 0 Å². The van der Waals surface area contributed by atoms with Crippen LogP contribution in [0.1, 0.15) is 5.69 Å². The molecule has 0 atom stereocenters. The van der Waals surface area contributed by atoms with Crippen molar-refractivity contribution in [2.45, 2.75) is 6.92 Å². The number of fused-ring (bicyclic) bond motifs is 1. The Morgan fingerprint density at radius 3 is 2.47 bits per heavy atom. The minimum atomic E-state index is 0.766. The van der Waals surface area contributed by atoms with Gasteiger partial charge in [-0.1, -0.05) is 18.2 Å². The molecule has 0 bridgehead atoms. The van der Waals surface area contributed by atoms with Gasteiger partial charge in [-0.25, -0.2) is 4.68 Å². The second kappa shape index (κ2) is 3.63. The number of nitrogens with zero attached hydrogens (tertiary/aromatic N) is 2. The molecule has 2 N–H and O–H groups in total. The Morgan fingerprint density at radius 1 is 1.00 bits per heavy atom. The van der Waals surface area contributed by atoms with Crippen LogP contribution in [0, 0.1) is 6.92 Å². The number of benzene rings is 2. The Labute approximate surface area is 99.5 Å². The molecule has 1 heterocycles. The number of aryl methyl sites for hydroxylation is 1. The first-order valence-electron chi connectivity index (χ1n) is 5.56. The van der Waals surface area contributed by atoms with Crippen LogP contribution in [-0.4, -0.2) is 9.78 Å². The molecule has 0 saturated heterocycles. The molecular formula is C14H13N3. The SMILES string of the molecule is Cc1nn(-c2ccc(N)cc2)c2ccccc12. The molecule has 3 aromatic rings. The predicted octanol–water partition coefficient (Wildman–Crippen LogP) is 2.92. The molecule has 3 rings (SSSR count). The average molecular weight is 223 g/mol. The highest BCUT2D eigenvalue weighted by Crippen LogP contribution is 2.21. The van der Waals surface area contributed by atoms with Crippen molar-refractivity contribution in [3.8, 4) is 5.69 Å². The smallest absolute Gasteiger partial charge is 0.0743 e. The summed E-state index contributed by atoms with van der Waals surface area (Å²) in [6, 6.07) is 16.0. The van der Waals surface area contributed by atoms with Crippen LogP contribution in [0.2, 0.25) is 0 Å². The van der Waals surface area contributed by atoms with Crippen LogP contribution in [0.5, 0.6) is 0 Å². The number of aromatic nitrogens is 2. The summed E-state index contributed by atoms with van der Waals surface area (Å²) in [4.78, 5) is 0. The molecule has 0 aliphatic carbocycles. The Morgan fingerprint density at radius 2 is 1.71 bits per heavy atom. The third kappa shape index (κ3) is 1.56. The average Bonchev–Trinajstić information content (AvgIpc) is 2.69. The maximum atomic E-state index is 5.69. The lowest BCUT2D eigenvalue weighted by Gasteiger charge is -2.03. The largest absolute Gasteiger partial charge is 0.399 e. The highest BCUT2D eigenvalue weighted by molar-refractivity contribution is 5.83. The van der Waals surface area contributed by atoms with E-state index in [1.807, 2.05) is 48.0 Å².